The Morgan fingerprint density at radius 2 is 2.00 bits per heavy atom. The van der Waals surface area contributed by atoms with Crippen LogP contribution >= 0.6 is 22.7 Å². The number of carbonyl (C=O) groups excluding carboxylic acids is 2. The van der Waals surface area contributed by atoms with Crippen LogP contribution in [0, 0.1) is 0 Å². The average molecular weight is 320 g/mol. The summed E-state index contributed by atoms with van der Waals surface area (Å²) in [4.78, 5) is 23.9. The van der Waals surface area contributed by atoms with Gasteiger partial charge in [0.1, 0.15) is 0 Å². The van der Waals surface area contributed by atoms with Crippen LogP contribution in [0.15, 0.2) is 40.4 Å². The molecule has 0 aliphatic rings. The van der Waals surface area contributed by atoms with Gasteiger partial charge in [0.2, 0.25) is 5.91 Å². The largest absolute Gasteiger partial charge is 0.352 e. The summed E-state index contributed by atoms with van der Waals surface area (Å²) in [5.41, 5.74) is 1.03. The van der Waals surface area contributed by atoms with Crippen molar-refractivity contribution in [1.29, 1.82) is 0 Å². The molecule has 2 aromatic heterocycles. The smallest absolute Gasteiger partial charge is 0.261 e. The molecular formula is C15H16N2O2S2. The van der Waals surface area contributed by atoms with Gasteiger partial charge >= 0.3 is 0 Å². The summed E-state index contributed by atoms with van der Waals surface area (Å²) < 4.78 is 0. The van der Waals surface area contributed by atoms with Crippen molar-refractivity contribution in [3.8, 4) is 0 Å². The van der Waals surface area contributed by atoms with Crippen molar-refractivity contribution in [2.24, 2.45) is 0 Å². The van der Waals surface area contributed by atoms with Crippen molar-refractivity contribution in [1.82, 2.24) is 10.6 Å². The van der Waals surface area contributed by atoms with Crippen LogP contribution < -0.4 is 10.6 Å². The molecule has 21 heavy (non-hydrogen) atoms. The van der Waals surface area contributed by atoms with Crippen LogP contribution in [0.1, 0.15) is 21.7 Å². The Kier molecular flexibility index (Phi) is 6.18. The minimum absolute atomic E-state index is 0.0614. The Morgan fingerprint density at radius 3 is 2.71 bits per heavy atom. The van der Waals surface area contributed by atoms with Crippen LogP contribution in [0.25, 0.3) is 6.08 Å². The van der Waals surface area contributed by atoms with Gasteiger partial charge in [0, 0.05) is 19.2 Å². The maximum atomic E-state index is 11.6. The van der Waals surface area contributed by atoms with Gasteiger partial charge in [-0.2, -0.15) is 11.3 Å². The number of rotatable bonds is 7. The van der Waals surface area contributed by atoms with Crippen LogP contribution in [0.3, 0.4) is 0 Å². The predicted octanol–water partition coefficient (Wildman–Crippen LogP) is 2.76. The zero-order chi connectivity index (χ0) is 14.9. The van der Waals surface area contributed by atoms with E-state index in [0.717, 1.165) is 5.56 Å². The second-order valence-electron chi connectivity index (χ2n) is 4.27. The average Bonchev–Trinajstić information content (AvgIpc) is 3.17. The topological polar surface area (TPSA) is 58.2 Å². The summed E-state index contributed by atoms with van der Waals surface area (Å²) >= 11 is 3.01. The van der Waals surface area contributed by atoms with Crippen molar-refractivity contribution in [3.63, 3.8) is 0 Å². The Morgan fingerprint density at radius 1 is 1.14 bits per heavy atom. The van der Waals surface area contributed by atoms with Crippen LogP contribution in [0.4, 0.5) is 0 Å². The Bertz CT molecular complexity index is 589. The molecule has 0 atom stereocenters. The van der Waals surface area contributed by atoms with Gasteiger partial charge < -0.3 is 10.6 Å². The van der Waals surface area contributed by atoms with Crippen LogP contribution in [-0.2, 0) is 4.79 Å². The molecule has 0 bridgehead atoms. The molecule has 2 aromatic rings. The first-order valence-electron chi connectivity index (χ1n) is 6.55. The normalized spacial score (nSPS) is 10.7. The molecule has 0 unspecified atom stereocenters. The lowest BCUT2D eigenvalue weighted by molar-refractivity contribution is -0.116. The lowest BCUT2D eigenvalue weighted by atomic mass is 10.3. The Labute approximate surface area is 131 Å². The van der Waals surface area contributed by atoms with Crippen molar-refractivity contribution in [2.45, 2.75) is 6.42 Å². The highest BCUT2D eigenvalue weighted by Gasteiger charge is 2.04. The van der Waals surface area contributed by atoms with E-state index in [1.165, 1.54) is 17.4 Å². The van der Waals surface area contributed by atoms with E-state index >= 15 is 0 Å². The van der Waals surface area contributed by atoms with Crippen LogP contribution in [0.5, 0.6) is 0 Å². The Balaban J connectivity index is 1.57. The van der Waals surface area contributed by atoms with Crippen molar-refractivity contribution >= 4 is 40.6 Å². The van der Waals surface area contributed by atoms with E-state index in [-0.39, 0.29) is 11.8 Å². The van der Waals surface area contributed by atoms with E-state index in [4.69, 9.17) is 0 Å². The molecule has 0 saturated heterocycles. The molecule has 2 heterocycles. The van der Waals surface area contributed by atoms with Gasteiger partial charge in [-0.25, -0.2) is 0 Å². The van der Waals surface area contributed by atoms with E-state index in [1.54, 1.807) is 23.5 Å². The number of thiophene rings is 2. The van der Waals surface area contributed by atoms with Crippen LogP contribution in [0.2, 0.25) is 0 Å². The molecule has 110 valence electrons. The molecule has 6 heteroatoms. The lowest BCUT2D eigenvalue weighted by Crippen LogP contribution is -2.28. The quantitative estimate of drug-likeness (QED) is 0.609. The molecule has 4 nitrogen and oxygen atoms in total. The summed E-state index contributed by atoms with van der Waals surface area (Å²) in [5.74, 6) is -0.181. The third kappa shape index (κ3) is 5.53. The number of hydrogen-bond acceptors (Lipinski definition) is 4. The fourth-order valence-electron chi connectivity index (χ4n) is 1.60. The second kappa shape index (κ2) is 8.39. The van der Waals surface area contributed by atoms with Crippen molar-refractivity contribution in [3.05, 3.63) is 50.9 Å². The fraction of sp³-hybridized carbons (Fsp3) is 0.200. The van der Waals surface area contributed by atoms with Gasteiger partial charge in [-0.05, 0) is 46.3 Å². The zero-order valence-electron chi connectivity index (χ0n) is 11.4. The summed E-state index contributed by atoms with van der Waals surface area (Å²) in [6.45, 7) is 1.09. The van der Waals surface area contributed by atoms with E-state index in [2.05, 4.69) is 10.6 Å². The minimum Gasteiger partial charge on any atom is -0.352 e. The molecule has 0 aliphatic heterocycles. The van der Waals surface area contributed by atoms with Gasteiger partial charge in [0.05, 0.1) is 4.88 Å². The highest BCUT2D eigenvalue weighted by atomic mass is 32.1. The molecule has 0 fully saturated rings. The minimum atomic E-state index is -0.120. The van der Waals surface area contributed by atoms with E-state index in [0.29, 0.717) is 24.4 Å². The van der Waals surface area contributed by atoms with E-state index in [1.807, 2.05) is 28.3 Å². The summed E-state index contributed by atoms with van der Waals surface area (Å²) in [6.07, 6.45) is 4.01. The van der Waals surface area contributed by atoms with Gasteiger partial charge in [0.25, 0.3) is 5.91 Å². The molecule has 2 rings (SSSR count). The second-order valence-corrected chi connectivity index (χ2v) is 6.00. The maximum absolute atomic E-state index is 11.6. The van der Waals surface area contributed by atoms with Gasteiger partial charge in [-0.1, -0.05) is 6.07 Å². The molecule has 0 aromatic carbocycles. The van der Waals surface area contributed by atoms with Crippen LogP contribution in [-0.4, -0.2) is 24.9 Å². The number of nitrogens with one attached hydrogen (secondary N) is 2. The zero-order valence-corrected chi connectivity index (χ0v) is 13.0. The first-order valence-corrected chi connectivity index (χ1v) is 8.38. The van der Waals surface area contributed by atoms with Gasteiger partial charge in [0.15, 0.2) is 0 Å². The number of carbonyl (C=O) groups is 2. The fourth-order valence-corrected chi connectivity index (χ4v) is 2.87. The molecule has 0 aliphatic carbocycles. The monoisotopic (exact) mass is 320 g/mol. The molecule has 2 amide bonds. The third-order valence-electron chi connectivity index (χ3n) is 2.65. The molecular weight excluding hydrogens is 304 g/mol. The predicted molar refractivity (Wildman–Crippen MR) is 87.6 cm³/mol. The van der Waals surface area contributed by atoms with Crippen molar-refractivity contribution in [2.75, 3.05) is 13.1 Å². The van der Waals surface area contributed by atoms with Gasteiger partial charge in [-0.3, -0.25) is 9.59 Å². The molecule has 0 saturated carbocycles. The van der Waals surface area contributed by atoms with E-state index < -0.39 is 0 Å². The molecule has 2 N–H and O–H groups in total. The highest BCUT2D eigenvalue weighted by Crippen LogP contribution is 2.08. The SMILES string of the molecule is O=C(/C=C\c1ccsc1)NCCCNC(=O)c1cccs1. The van der Waals surface area contributed by atoms with Gasteiger partial charge in [-0.15, -0.1) is 11.3 Å². The standard InChI is InChI=1S/C15H16N2O2S2/c18-14(5-4-12-6-10-20-11-12)16-7-2-8-17-15(19)13-3-1-9-21-13/h1,3-6,9-11H,2,7-8H2,(H,16,18)(H,17,19)/b5-4-. The molecule has 0 spiro atoms. The highest BCUT2D eigenvalue weighted by molar-refractivity contribution is 7.12. The summed E-state index contributed by atoms with van der Waals surface area (Å²) in [7, 11) is 0. The Hall–Kier alpha value is -1.92. The van der Waals surface area contributed by atoms with Crippen molar-refractivity contribution < 1.29 is 9.59 Å². The summed E-state index contributed by atoms with van der Waals surface area (Å²) in [6, 6.07) is 5.59. The number of hydrogen-bond donors (Lipinski definition) is 2. The first-order chi connectivity index (χ1) is 10.3. The first kappa shape index (κ1) is 15.5. The summed E-state index contributed by atoms with van der Waals surface area (Å²) in [5, 5.41) is 11.4. The number of amides is 2. The lowest BCUT2D eigenvalue weighted by Gasteiger charge is -2.04. The maximum Gasteiger partial charge on any atom is 0.261 e. The third-order valence-corrected chi connectivity index (χ3v) is 4.22. The molecule has 0 radical (unpaired) electrons. The van der Waals surface area contributed by atoms with E-state index in [9.17, 15) is 9.59 Å².